The third kappa shape index (κ3) is 6.49. The van der Waals surface area contributed by atoms with Crippen LogP contribution in [0.5, 0.6) is 0 Å². The van der Waals surface area contributed by atoms with Gasteiger partial charge in [-0.15, -0.1) is 0 Å². The summed E-state index contributed by atoms with van der Waals surface area (Å²) in [4.78, 5) is 43.3. The zero-order chi connectivity index (χ0) is 27.8. The van der Waals surface area contributed by atoms with Crippen LogP contribution < -0.4 is 10.5 Å². The molecule has 38 heavy (non-hydrogen) atoms. The number of unbranched alkanes of at least 4 members (excludes halogenated alkanes) is 3. The second kappa shape index (κ2) is 13.9. The number of thioether (sulfide) groups is 1. The maximum atomic E-state index is 13.4. The van der Waals surface area contributed by atoms with E-state index in [1.54, 1.807) is 29.4 Å². The predicted octanol–water partition coefficient (Wildman–Crippen LogP) is 5.00. The quantitative estimate of drug-likeness (QED) is 0.162. The molecule has 3 heterocycles. The lowest BCUT2D eigenvalue weighted by Crippen LogP contribution is -2.41. The van der Waals surface area contributed by atoms with Gasteiger partial charge < -0.3 is 9.64 Å². The number of thiocarbonyl (C=S) groups is 1. The average molecular weight is 559 g/mol. The molecule has 2 fully saturated rings. The standard InChI is InChI=1S/C28H38N4O4S2/c1-5-8-9-10-14-32-26(34)23(38-28(32)37)17-21-19(4)22(18-29)25(33)31(13-6-2)24(21)30-15-11-20(12-16-30)27(35)36-7-3/h17,20H,5-16H2,1-4H3/b23-17-. The number of nitriles is 1. The van der Waals surface area contributed by atoms with Gasteiger partial charge in [0, 0.05) is 31.7 Å². The van der Waals surface area contributed by atoms with Gasteiger partial charge in [-0.05, 0) is 51.2 Å². The summed E-state index contributed by atoms with van der Waals surface area (Å²) in [6, 6.07) is 2.09. The lowest BCUT2D eigenvalue weighted by atomic mass is 9.95. The number of amides is 1. The molecule has 0 atom stereocenters. The fourth-order valence-electron chi connectivity index (χ4n) is 5.02. The maximum Gasteiger partial charge on any atom is 0.309 e. The highest BCUT2D eigenvalue weighted by Gasteiger charge is 2.34. The number of pyridine rings is 1. The first-order valence-corrected chi connectivity index (χ1v) is 14.9. The lowest BCUT2D eigenvalue weighted by Gasteiger charge is -2.35. The van der Waals surface area contributed by atoms with Crippen molar-refractivity contribution in [2.75, 3.05) is 31.1 Å². The minimum atomic E-state index is -0.324. The number of piperidine rings is 1. The van der Waals surface area contributed by atoms with Gasteiger partial charge in [0.1, 0.15) is 21.8 Å². The molecule has 2 aliphatic heterocycles. The number of anilines is 1. The number of ether oxygens (including phenoxy) is 1. The molecule has 2 aliphatic rings. The Hall–Kier alpha value is -2.64. The highest BCUT2D eigenvalue weighted by Crippen LogP contribution is 2.37. The van der Waals surface area contributed by atoms with Crippen LogP contribution in [0.2, 0.25) is 0 Å². The average Bonchev–Trinajstić information content (AvgIpc) is 3.17. The fourth-order valence-corrected chi connectivity index (χ4v) is 6.31. The Balaban J connectivity index is 2.03. The maximum absolute atomic E-state index is 13.4. The Bertz CT molecular complexity index is 1190. The summed E-state index contributed by atoms with van der Waals surface area (Å²) in [6.45, 7) is 10.2. The smallest absolute Gasteiger partial charge is 0.309 e. The molecule has 1 aromatic rings. The van der Waals surface area contributed by atoms with Crippen molar-refractivity contribution >= 4 is 52.1 Å². The minimum Gasteiger partial charge on any atom is -0.466 e. The van der Waals surface area contributed by atoms with Crippen molar-refractivity contribution in [2.45, 2.75) is 79.2 Å². The second-order valence-corrected chi connectivity index (χ2v) is 11.4. The van der Waals surface area contributed by atoms with Crippen molar-refractivity contribution < 1.29 is 14.3 Å². The molecule has 0 saturated carbocycles. The van der Waals surface area contributed by atoms with E-state index in [1.807, 2.05) is 6.92 Å². The lowest BCUT2D eigenvalue weighted by molar-refractivity contribution is -0.148. The van der Waals surface area contributed by atoms with Crippen molar-refractivity contribution in [2.24, 2.45) is 5.92 Å². The summed E-state index contributed by atoms with van der Waals surface area (Å²) in [6.07, 6.45) is 7.91. The van der Waals surface area contributed by atoms with E-state index in [2.05, 4.69) is 17.9 Å². The number of esters is 1. The van der Waals surface area contributed by atoms with E-state index in [1.165, 1.54) is 11.8 Å². The minimum absolute atomic E-state index is 0.0879. The van der Waals surface area contributed by atoms with Gasteiger partial charge in [-0.1, -0.05) is 57.1 Å². The van der Waals surface area contributed by atoms with Crippen LogP contribution in [0, 0.1) is 24.2 Å². The Kier molecular flexibility index (Phi) is 11.0. The van der Waals surface area contributed by atoms with Gasteiger partial charge in [0.2, 0.25) is 0 Å². The Labute approximate surface area is 235 Å². The third-order valence-electron chi connectivity index (χ3n) is 7.09. The van der Waals surface area contributed by atoms with Crippen LogP contribution in [0.25, 0.3) is 6.08 Å². The molecule has 0 unspecified atom stereocenters. The number of rotatable bonds is 11. The number of hydrogen-bond donors (Lipinski definition) is 0. The van der Waals surface area contributed by atoms with Crippen molar-refractivity contribution in [3.05, 3.63) is 31.9 Å². The third-order valence-corrected chi connectivity index (χ3v) is 8.47. The molecule has 0 aliphatic carbocycles. The molecule has 3 rings (SSSR count). The van der Waals surface area contributed by atoms with Crippen LogP contribution in [-0.2, 0) is 20.9 Å². The van der Waals surface area contributed by atoms with E-state index >= 15 is 0 Å². The summed E-state index contributed by atoms with van der Waals surface area (Å²) < 4.78 is 7.42. The molecule has 0 bridgehead atoms. The fraction of sp³-hybridized carbons (Fsp3) is 0.607. The van der Waals surface area contributed by atoms with Gasteiger partial charge in [-0.2, -0.15) is 5.26 Å². The normalized spacial score (nSPS) is 17.4. The number of carbonyl (C=O) groups is 2. The molecule has 10 heteroatoms. The van der Waals surface area contributed by atoms with Gasteiger partial charge in [0.25, 0.3) is 11.5 Å². The Morgan fingerprint density at radius 1 is 1.13 bits per heavy atom. The molecule has 0 radical (unpaired) electrons. The molecule has 0 aromatic carbocycles. The number of aromatic nitrogens is 1. The largest absolute Gasteiger partial charge is 0.466 e. The highest BCUT2D eigenvalue weighted by atomic mass is 32.2. The van der Waals surface area contributed by atoms with E-state index < -0.39 is 0 Å². The molecule has 1 amide bonds. The van der Waals surface area contributed by atoms with Crippen LogP contribution in [0.1, 0.15) is 82.4 Å². The Morgan fingerprint density at radius 2 is 1.84 bits per heavy atom. The van der Waals surface area contributed by atoms with Gasteiger partial charge in [0.15, 0.2) is 0 Å². The molecule has 0 spiro atoms. The van der Waals surface area contributed by atoms with E-state index in [-0.39, 0.29) is 28.9 Å². The van der Waals surface area contributed by atoms with Gasteiger partial charge in [-0.25, -0.2) is 0 Å². The first-order chi connectivity index (χ1) is 18.3. The predicted molar refractivity (Wildman–Crippen MR) is 156 cm³/mol. The zero-order valence-corrected chi connectivity index (χ0v) is 24.5. The molecular weight excluding hydrogens is 520 g/mol. The van der Waals surface area contributed by atoms with Crippen LogP contribution in [-0.4, -0.2) is 51.9 Å². The van der Waals surface area contributed by atoms with Crippen molar-refractivity contribution in [1.29, 1.82) is 5.26 Å². The Morgan fingerprint density at radius 3 is 2.45 bits per heavy atom. The van der Waals surface area contributed by atoms with Crippen molar-refractivity contribution in [3.63, 3.8) is 0 Å². The summed E-state index contributed by atoms with van der Waals surface area (Å²) in [7, 11) is 0. The highest BCUT2D eigenvalue weighted by molar-refractivity contribution is 8.26. The zero-order valence-electron chi connectivity index (χ0n) is 22.9. The van der Waals surface area contributed by atoms with E-state index in [9.17, 15) is 19.6 Å². The second-order valence-electron chi connectivity index (χ2n) is 9.71. The first-order valence-electron chi connectivity index (χ1n) is 13.6. The topological polar surface area (TPSA) is 95.6 Å². The molecule has 1 aromatic heterocycles. The first kappa shape index (κ1) is 29.9. The molecule has 8 nitrogen and oxygen atoms in total. The summed E-state index contributed by atoms with van der Waals surface area (Å²) in [5.74, 6) is 0.208. The molecule has 2 saturated heterocycles. The molecule has 206 valence electrons. The number of nitrogens with zero attached hydrogens (tertiary/aromatic N) is 4. The van der Waals surface area contributed by atoms with Gasteiger partial charge in [-0.3, -0.25) is 23.9 Å². The van der Waals surface area contributed by atoms with Crippen molar-refractivity contribution in [1.82, 2.24) is 9.47 Å². The van der Waals surface area contributed by atoms with Gasteiger partial charge >= 0.3 is 5.97 Å². The van der Waals surface area contributed by atoms with E-state index in [0.717, 1.165) is 25.7 Å². The monoisotopic (exact) mass is 558 g/mol. The number of hydrogen-bond acceptors (Lipinski definition) is 8. The summed E-state index contributed by atoms with van der Waals surface area (Å²) >= 11 is 6.81. The van der Waals surface area contributed by atoms with Crippen LogP contribution in [0.15, 0.2) is 9.70 Å². The van der Waals surface area contributed by atoms with E-state index in [4.69, 9.17) is 17.0 Å². The summed E-state index contributed by atoms with van der Waals surface area (Å²) in [5.41, 5.74) is 1.01. The number of carbonyl (C=O) groups excluding carboxylic acids is 2. The van der Waals surface area contributed by atoms with Crippen molar-refractivity contribution in [3.8, 4) is 6.07 Å². The van der Waals surface area contributed by atoms with Gasteiger partial charge in [0.05, 0.1) is 17.4 Å². The molecule has 0 N–H and O–H groups in total. The molecular formula is C28H38N4O4S2. The summed E-state index contributed by atoms with van der Waals surface area (Å²) in [5, 5.41) is 9.85. The van der Waals surface area contributed by atoms with E-state index in [0.29, 0.717) is 78.2 Å². The van der Waals surface area contributed by atoms with Crippen LogP contribution in [0.3, 0.4) is 0 Å². The SMILES string of the molecule is CCCCCCN1C(=O)/C(=C/c2c(C)c(C#N)c(=O)n(CCC)c2N2CCC(C(=O)OCC)CC2)SC1=S. The van der Waals surface area contributed by atoms with Crippen LogP contribution in [0.4, 0.5) is 5.82 Å². The van der Waals surface area contributed by atoms with Crippen LogP contribution >= 0.6 is 24.0 Å².